The summed E-state index contributed by atoms with van der Waals surface area (Å²) in [7, 11) is 0. The number of benzene rings is 2. The lowest BCUT2D eigenvalue weighted by Gasteiger charge is -2.05. The minimum absolute atomic E-state index is 0.123. The van der Waals surface area contributed by atoms with E-state index in [9.17, 15) is 24.1 Å². The number of amides is 2. The van der Waals surface area contributed by atoms with Crippen LogP contribution in [-0.4, -0.2) is 16.7 Å². The number of carbonyl (C=O) groups is 2. The molecule has 136 valence electrons. The molecule has 0 spiro atoms. The van der Waals surface area contributed by atoms with E-state index in [0.717, 1.165) is 13.0 Å². The number of carbonyl (C=O) groups excluding carboxylic acids is 2. The Balaban J connectivity index is 2.26. The van der Waals surface area contributed by atoms with Crippen LogP contribution in [0.1, 0.15) is 17.3 Å². The summed E-state index contributed by atoms with van der Waals surface area (Å²) in [6.45, 7) is 1.16. The number of non-ortho nitro benzene ring substituents is 1. The maximum atomic E-state index is 13.4. The first-order chi connectivity index (χ1) is 12.8. The Bertz CT molecular complexity index is 1150. The van der Waals surface area contributed by atoms with Crippen molar-refractivity contribution in [3.05, 3.63) is 75.6 Å². The molecule has 0 fully saturated rings. The predicted molar refractivity (Wildman–Crippen MR) is 92.6 cm³/mol. The number of nitrogens with zero attached hydrogens (tertiary/aromatic N) is 2. The van der Waals surface area contributed by atoms with E-state index in [-0.39, 0.29) is 33.5 Å². The Morgan fingerprint density at radius 2 is 1.96 bits per heavy atom. The molecule has 3 aromatic rings. The molecule has 0 saturated carbocycles. The quantitative estimate of drug-likeness (QED) is 0.563. The molecule has 0 aliphatic rings. The highest BCUT2D eigenvalue weighted by atomic mass is 19.1. The fourth-order valence-electron chi connectivity index (χ4n) is 2.37. The summed E-state index contributed by atoms with van der Waals surface area (Å²) in [5, 5.41) is 13.3. The maximum Gasteiger partial charge on any atom is 0.270 e. The molecule has 0 atom stereocenters. The summed E-state index contributed by atoms with van der Waals surface area (Å²) in [4.78, 5) is 38.0. The van der Waals surface area contributed by atoms with Crippen LogP contribution in [0.5, 0.6) is 0 Å². The molecular formula is C18H12FN3O5. The van der Waals surface area contributed by atoms with Gasteiger partial charge >= 0.3 is 0 Å². The van der Waals surface area contributed by atoms with E-state index in [1.807, 2.05) is 0 Å². The fourth-order valence-corrected chi connectivity index (χ4v) is 2.37. The molecule has 1 N–H and O–H groups in total. The summed E-state index contributed by atoms with van der Waals surface area (Å²) in [6.07, 6.45) is 0. The number of nitro benzene ring substituents is 1. The first kappa shape index (κ1) is 17.9. The third-order valence-corrected chi connectivity index (χ3v) is 3.51. The molecule has 8 nitrogen and oxygen atoms in total. The fraction of sp³-hybridized carbons (Fsp3) is 0.0556. The molecule has 1 heterocycles. The second-order valence-corrected chi connectivity index (χ2v) is 5.55. The van der Waals surface area contributed by atoms with Crippen LogP contribution in [-0.2, 0) is 4.79 Å². The van der Waals surface area contributed by atoms with Gasteiger partial charge in [-0.05, 0) is 30.3 Å². The van der Waals surface area contributed by atoms with Gasteiger partial charge < -0.3 is 4.42 Å². The third kappa shape index (κ3) is 4.03. The molecule has 0 unspecified atom stereocenters. The minimum atomic E-state index is -0.796. The number of nitro groups is 1. The standard InChI is InChI=1S/C18H12FN3O5/c1-10(23)20-17(24)15-8-11-7-14(22(25)26)5-6-16(11)27-18(15)21-13-4-2-3-12(19)9-13/h2-9H,1H3,(H,20,23,24). The van der Waals surface area contributed by atoms with Crippen LogP contribution in [0.25, 0.3) is 11.0 Å². The number of nitrogens with one attached hydrogen (secondary N) is 1. The van der Waals surface area contributed by atoms with Crippen LogP contribution in [0.3, 0.4) is 0 Å². The molecule has 0 radical (unpaired) electrons. The van der Waals surface area contributed by atoms with Crippen molar-refractivity contribution >= 4 is 34.2 Å². The van der Waals surface area contributed by atoms with E-state index in [2.05, 4.69) is 10.3 Å². The van der Waals surface area contributed by atoms with E-state index in [1.165, 1.54) is 42.5 Å². The van der Waals surface area contributed by atoms with Gasteiger partial charge in [0.05, 0.1) is 10.6 Å². The van der Waals surface area contributed by atoms with Gasteiger partial charge in [-0.15, -0.1) is 0 Å². The highest BCUT2D eigenvalue weighted by molar-refractivity contribution is 6.05. The highest BCUT2D eigenvalue weighted by Crippen LogP contribution is 2.21. The van der Waals surface area contributed by atoms with Crippen molar-refractivity contribution in [3.63, 3.8) is 0 Å². The summed E-state index contributed by atoms with van der Waals surface area (Å²) < 4.78 is 19.0. The largest absolute Gasteiger partial charge is 0.438 e. The number of rotatable bonds is 3. The van der Waals surface area contributed by atoms with Crippen LogP contribution >= 0.6 is 0 Å². The van der Waals surface area contributed by atoms with Crippen LogP contribution in [0.2, 0.25) is 0 Å². The van der Waals surface area contributed by atoms with Crippen molar-refractivity contribution in [3.8, 4) is 0 Å². The van der Waals surface area contributed by atoms with Crippen LogP contribution < -0.4 is 10.9 Å². The average molecular weight is 369 g/mol. The number of hydrogen-bond acceptors (Lipinski definition) is 6. The SMILES string of the molecule is CC(=O)NC(=O)c1cc2cc([N+](=O)[O-])ccc2oc1=Nc1cccc(F)c1. The molecule has 27 heavy (non-hydrogen) atoms. The van der Waals surface area contributed by atoms with Crippen LogP contribution in [0, 0.1) is 15.9 Å². The lowest BCUT2D eigenvalue weighted by Crippen LogP contribution is -2.32. The Kier molecular flexibility index (Phi) is 4.75. The smallest absolute Gasteiger partial charge is 0.270 e. The van der Waals surface area contributed by atoms with Gasteiger partial charge in [-0.1, -0.05) is 6.07 Å². The van der Waals surface area contributed by atoms with Gasteiger partial charge in [-0.3, -0.25) is 25.0 Å². The lowest BCUT2D eigenvalue weighted by molar-refractivity contribution is -0.384. The number of fused-ring (bicyclic) bond motifs is 1. The normalized spacial score (nSPS) is 11.4. The van der Waals surface area contributed by atoms with E-state index >= 15 is 0 Å². The van der Waals surface area contributed by atoms with Gasteiger partial charge in [0.2, 0.25) is 11.5 Å². The topological polar surface area (TPSA) is 115 Å². The maximum absolute atomic E-state index is 13.4. The second kappa shape index (κ2) is 7.16. The van der Waals surface area contributed by atoms with Crippen molar-refractivity contribution in [2.75, 3.05) is 0 Å². The molecule has 0 saturated heterocycles. The van der Waals surface area contributed by atoms with E-state index < -0.39 is 22.6 Å². The minimum Gasteiger partial charge on any atom is -0.438 e. The predicted octanol–water partition coefficient (Wildman–Crippen LogP) is 2.99. The summed E-state index contributed by atoms with van der Waals surface area (Å²) in [5.41, 5.74) is -0.0550. The van der Waals surface area contributed by atoms with Crippen LogP contribution in [0.4, 0.5) is 15.8 Å². The Morgan fingerprint density at radius 1 is 1.19 bits per heavy atom. The van der Waals surface area contributed by atoms with E-state index in [1.54, 1.807) is 0 Å². The Hall–Kier alpha value is -3.88. The first-order valence-corrected chi connectivity index (χ1v) is 7.68. The summed E-state index contributed by atoms with van der Waals surface area (Å²) >= 11 is 0. The highest BCUT2D eigenvalue weighted by Gasteiger charge is 2.16. The lowest BCUT2D eigenvalue weighted by atomic mass is 10.1. The molecule has 3 rings (SSSR count). The summed E-state index contributed by atoms with van der Waals surface area (Å²) in [6, 6.07) is 10.5. The molecule has 2 aromatic carbocycles. The van der Waals surface area contributed by atoms with Gasteiger partial charge in [-0.25, -0.2) is 9.38 Å². The molecule has 1 aromatic heterocycles. The van der Waals surface area contributed by atoms with Crippen molar-refractivity contribution < 1.29 is 23.3 Å². The van der Waals surface area contributed by atoms with Gasteiger partial charge in [0.25, 0.3) is 11.6 Å². The molecule has 0 aliphatic carbocycles. The number of hydrogen-bond donors (Lipinski definition) is 1. The van der Waals surface area contributed by atoms with Gasteiger partial charge in [0.15, 0.2) is 0 Å². The first-order valence-electron chi connectivity index (χ1n) is 7.68. The van der Waals surface area contributed by atoms with Gasteiger partial charge in [0.1, 0.15) is 17.0 Å². The van der Waals surface area contributed by atoms with E-state index in [0.29, 0.717) is 0 Å². The molecule has 9 heteroatoms. The Labute approximate surface area is 151 Å². The second-order valence-electron chi connectivity index (χ2n) is 5.55. The molecule has 0 aliphatic heterocycles. The molecule has 0 bridgehead atoms. The zero-order valence-electron chi connectivity index (χ0n) is 13.9. The van der Waals surface area contributed by atoms with Crippen molar-refractivity contribution in [1.82, 2.24) is 5.32 Å². The van der Waals surface area contributed by atoms with Gasteiger partial charge in [0, 0.05) is 24.4 Å². The van der Waals surface area contributed by atoms with Crippen molar-refractivity contribution in [2.45, 2.75) is 6.92 Å². The number of imide groups is 1. The molecular weight excluding hydrogens is 357 g/mol. The van der Waals surface area contributed by atoms with Gasteiger partial charge in [-0.2, -0.15) is 0 Å². The monoisotopic (exact) mass is 369 g/mol. The average Bonchev–Trinajstić information content (AvgIpc) is 2.60. The van der Waals surface area contributed by atoms with Crippen LogP contribution in [0.15, 0.2) is 57.9 Å². The van der Waals surface area contributed by atoms with Crippen molar-refractivity contribution in [2.24, 2.45) is 4.99 Å². The summed E-state index contributed by atoms with van der Waals surface area (Å²) in [5.74, 6) is -1.92. The van der Waals surface area contributed by atoms with Crippen molar-refractivity contribution in [1.29, 1.82) is 0 Å². The zero-order chi connectivity index (χ0) is 19.6. The zero-order valence-corrected chi connectivity index (χ0v) is 13.9. The number of halogens is 1. The molecule has 2 amide bonds. The Morgan fingerprint density at radius 3 is 2.63 bits per heavy atom. The van der Waals surface area contributed by atoms with E-state index in [4.69, 9.17) is 4.42 Å². The third-order valence-electron chi connectivity index (χ3n) is 3.51.